The van der Waals surface area contributed by atoms with Crippen molar-refractivity contribution in [1.82, 2.24) is 0 Å². The number of fused-ring (bicyclic) bond motifs is 1. The molecular weight excluding hydrogens is 218 g/mol. The van der Waals surface area contributed by atoms with Crippen molar-refractivity contribution >= 4 is 0 Å². The van der Waals surface area contributed by atoms with Crippen LogP contribution in [0.15, 0.2) is 0 Å². The molecule has 0 aliphatic carbocycles. The molecule has 2 rings (SSSR count). The molecule has 5 N–H and O–H groups in total. The molecule has 0 bridgehead atoms. The maximum atomic E-state index is 9.85. The van der Waals surface area contributed by atoms with Crippen LogP contribution in [0.2, 0.25) is 0 Å². The van der Waals surface area contributed by atoms with Crippen LogP contribution in [0.25, 0.3) is 0 Å². The van der Waals surface area contributed by atoms with Crippen LogP contribution in [0.1, 0.15) is 13.8 Å². The predicted molar refractivity (Wildman–Crippen MR) is 50.9 cm³/mol. The second-order valence-electron chi connectivity index (χ2n) is 4.54. The molecule has 0 amide bonds. The fraction of sp³-hybridized carbons (Fsp3) is 1.00. The zero-order valence-corrected chi connectivity index (χ0v) is 9.11. The van der Waals surface area contributed by atoms with E-state index in [4.69, 9.17) is 25.1 Å². The van der Waals surface area contributed by atoms with Gasteiger partial charge in [-0.15, -0.1) is 0 Å². The summed E-state index contributed by atoms with van der Waals surface area (Å²) in [6.45, 7) is 3.40. The SMILES string of the molecule is CC1(C)OC2O[C@H]([C@H](O)C(N)O)[C@H](O)[C@H]2O1. The first-order valence-corrected chi connectivity index (χ1v) is 5.13. The van der Waals surface area contributed by atoms with Gasteiger partial charge in [-0.05, 0) is 13.8 Å². The van der Waals surface area contributed by atoms with Gasteiger partial charge in [-0.3, -0.25) is 0 Å². The van der Waals surface area contributed by atoms with Crippen molar-refractivity contribution in [3.63, 3.8) is 0 Å². The Morgan fingerprint density at radius 3 is 2.38 bits per heavy atom. The van der Waals surface area contributed by atoms with Crippen molar-refractivity contribution in [2.75, 3.05) is 0 Å². The van der Waals surface area contributed by atoms with E-state index in [-0.39, 0.29) is 0 Å². The molecule has 2 heterocycles. The van der Waals surface area contributed by atoms with Crippen LogP contribution in [0.3, 0.4) is 0 Å². The molecule has 2 aliphatic rings. The molecule has 0 aromatic rings. The molecule has 6 atom stereocenters. The molecular formula is C9H17NO6. The summed E-state index contributed by atoms with van der Waals surface area (Å²) in [6, 6.07) is 0. The highest BCUT2D eigenvalue weighted by molar-refractivity contribution is 4.96. The first-order valence-electron chi connectivity index (χ1n) is 5.13. The quantitative estimate of drug-likeness (QED) is 0.404. The fourth-order valence-electron chi connectivity index (χ4n) is 1.99. The molecule has 7 nitrogen and oxygen atoms in total. The highest BCUT2D eigenvalue weighted by atomic mass is 16.8. The summed E-state index contributed by atoms with van der Waals surface area (Å²) < 4.78 is 16.0. The van der Waals surface area contributed by atoms with Crippen molar-refractivity contribution in [1.29, 1.82) is 0 Å². The van der Waals surface area contributed by atoms with Crippen LogP contribution in [-0.4, -0.2) is 58.0 Å². The Hall–Kier alpha value is -0.280. The zero-order valence-electron chi connectivity index (χ0n) is 9.11. The monoisotopic (exact) mass is 235 g/mol. The number of hydrogen-bond acceptors (Lipinski definition) is 7. The van der Waals surface area contributed by atoms with Crippen LogP contribution in [0.5, 0.6) is 0 Å². The summed E-state index contributed by atoms with van der Waals surface area (Å²) in [4.78, 5) is 0. The second-order valence-corrected chi connectivity index (χ2v) is 4.54. The average molecular weight is 235 g/mol. The summed E-state index contributed by atoms with van der Waals surface area (Å²) in [5.41, 5.74) is 5.11. The lowest BCUT2D eigenvalue weighted by atomic mass is 10.1. The van der Waals surface area contributed by atoms with E-state index in [0.29, 0.717) is 0 Å². The minimum absolute atomic E-state index is 0.673. The van der Waals surface area contributed by atoms with E-state index in [9.17, 15) is 10.2 Å². The zero-order chi connectivity index (χ0) is 12.1. The fourth-order valence-corrected chi connectivity index (χ4v) is 1.99. The van der Waals surface area contributed by atoms with Gasteiger partial charge in [0.2, 0.25) is 0 Å². The molecule has 16 heavy (non-hydrogen) atoms. The third kappa shape index (κ3) is 1.95. The topological polar surface area (TPSA) is 114 Å². The number of nitrogens with two attached hydrogens (primary N) is 1. The predicted octanol–water partition coefficient (Wildman–Crippen LogP) is -2.14. The molecule has 2 saturated heterocycles. The molecule has 2 unspecified atom stereocenters. The van der Waals surface area contributed by atoms with Crippen LogP contribution >= 0.6 is 0 Å². The van der Waals surface area contributed by atoms with Gasteiger partial charge in [-0.2, -0.15) is 0 Å². The Labute approximate surface area is 92.7 Å². The molecule has 0 aromatic heterocycles. The van der Waals surface area contributed by atoms with E-state index in [2.05, 4.69) is 0 Å². The average Bonchev–Trinajstić information content (AvgIpc) is 2.60. The Bertz CT molecular complexity index is 271. The highest BCUT2D eigenvalue weighted by Gasteiger charge is 2.56. The van der Waals surface area contributed by atoms with E-state index in [1.54, 1.807) is 13.8 Å². The van der Waals surface area contributed by atoms with Gasteiger partial charge >= 0.3 is 0 Å². The smallest absolute Gasteiger partial charge is 0.190 e. The maximum absolute atomic E-state index is 9.85. The van der Waals surface area contributed by atoms with Crippen molar-refractivity contribution in [3.05, 3.63) is 0 Å². The van der Waals surface area contributed by atoms with E-state index in [1.165, 1.54) is 0 Å². The summed E-state index contributed by atoms with van der Waals surface area (Å²) in [7, 11) is 0. The first kappa shape index (κ1) is 12.2. The molecule has 0 saturated carbocycles. The van der Waals surface area contributed by atoms with Crippen molar-refractivity contribution < 1.29 is 29.5 Å². The standard InChI is InChI=1S/C9H17NO6/c1-9(2)15-6-3(11)5(4(12)7(10)13)14-8(6)16-9/h3-8,11-13H,10H2,1-2H3/t3-,4-,5-,6+,7?,8?/m0/s1. The second kappa shape index (κ2) is 3.88. The largest absolute Gasteiger partial charge is 0.387 e. The summed E-state index contributed by atoms with van der Waals surface area (Å²) in [5.74, 6) is -0.826. The summed E-state index contributed by atoms with van der Waals surface area (Å²) in [6.07, 6.45) is -6.37. The van der Waals surface area contributed by atoms with Crippen LogP contribution in [-0.2, 0) is 14.2 Å². The molecule has 7 heteroatoms. The molecule has 0 radical (unpaired) electrons. The minimum atomic E-state index is -1.48. The third-order valence-electron chi connectivity index (χ3n) is 2.74. The Balaban J connectivity index is 2.05. The molecule has 0 aromatic carbocycles. The highest BCUT2D eigenvalue weighted by Crippen LogP contribution is 2.38. The molecule has 0 spiro atoms. The molecule has 2 aliphatic heterocycles. The summed E-state index contributed by atoms with van der Waals surface area (Å²) in [5, 5.41) is 28.4. The van der Waals surface area contributed by atoms with Crippen LogP contribution in [0, 0.1) is 0 Å². The number of hydrogen-bond donors (Lipinski definition) is 4. The number of ether oxygens (including phenoxy) is 3. The number of rotatable bonds is 2. The van der Waals surface area contributed by atoms with E-state index >= 15 is 0 Å². The minimum Gasteiger partial charge on any atom is -0.387 e. The van der Waals surface area contributed by atoms with Crippen molar-refractivity contribution in [3.8, 4) is 0 Å². The Morgan fingerprint density at radius 1 is 1.25 bits per heavy atom. The maximum Gasteiger partial charge on any atom is 0.190 e. The number of aliphatic hydroxyl groups excluding tert-OH is 3. The lowest BCUT2D eigenvalue weighted by molar-refractivity contribution is -0.231. The molecule has 94 valence electrons. The van der Waals surface area contributed by atoms with Gasteiger partial charge in [0.25, 0.3) is 0 Å². The Kier molecular flexibility index (Phi) is 2.96. The van der Waals surface area contributed by atoms with Gasteiger partial charge in [-0.1, -0.05) is 0 Å². The third-order valence-corrected chi connectivity index (χ3v) is 2.74. The van der Waals surface area contributed by atoms with E-state index in [0.717, 1.165) is 0 Å². The van der Waals surface area contributed by atoms with Gasteiger partial charge in [0.05, 0.1) is 0 Å². The first-order chi connectivity index (χ1) is 7.32. The van der Waals surface area contributed by atoms with E-state index < -0.39 is 42.7 Å². The Morgan fingerprint density at radius 2 is 1.88 bits per heavy atom. The van der Waals surface area contributed by atoms with Gasteiger partial charge in [-0.25, -0.2) is 0 Å². The van der Waals surface area contributed by atoms with Gasteiger partial charge in [0.1, 0.15) is 30.6 Å². The van der Waals surface area contributed by atoms with Crippen LogP contribution < -0.4 is 5.73 Å². The van der Waals surface area contributed by atoms with Gasteiger partial charge < -0.3 is 35.3 Å². The van der Waals surface area contributed by atoms with Gasteiger partial charge in [0, 0.05) is 0 Å². The van der Waals surface area contributed by atoms with Crippen molar-refractivity contribution in [2.24, 2.45) is 5.73 Å². The lowest BCUT2D eigenvalue weighted by Crippen LogP contribution is -2.49. The number of aliphatic hydroxyl groups is 3. The van der Waals surface area contributed by atoms with Crippen LogP contribution in [0.4, 0.5) is 0 Å². The molecule has 2 fully saturated rings. The van der Waals surface area contributed by atoms with Crippen molar-refractivity contribution in [2.45, 2.75) is 56.6 Å². The normalized spacial score (nSPS) is 45.4. The van der Waals surface area contributed by atoms with Gasteiger partial charge in [0.15, 0.2) is 12.1 Å². The summed E-state index contributed by atoms with van der Waals surface area (Å²) >= 11 is 0. The lowest BCUT2D eigenvalue weighted by Gasteiger charge is -2.26. The van der Waals surface area contributed by atoms with E-state index in [1.807, 2.05) is 0 Å².